The van der Waals surface area contributed by atoms with E-state index in [4.69, 9.17) is 5.73 Å². The lowest BCUT2D eigenvalue weighted by atomic mass is 9.98. The van der Waals surface area contributed by atoms with Gasteiger partial charge < -0.3 is 5.73 Å². The van der Waals surface area contributed by atoms with Gasteiger partial charge in [0.05, 0.1) is 16.0 Å². The van der Waals surface area contributed by atoms with E-state index in [1.807, 2.05) is 36.4 Å². The van der Waals surface area contributed by atoms with E-state index in [1.54, 1.807) is 30.3 Å². The Labute approximate surface area is 154 Å². The van der Waals surface area contributed by atoms with Crippen molar-refractivity contribution in [3.8, 4) is 16.8 Å². The summed E-state index contributed by atoms with van der Waals surface area (Å²) < 4.78 is 1.40. The molecule has 4 aromatic rings. The van der Waals surface area contributed by atoms with Gasteiger partial charge in [-0.25, -0.2) is 0 Å². The van der Waals surface area contributed by atoms with Crippen LogP contribution in [0.1, 0.15) is 0 Å². The summed E-state index contributed by atoms with van der Waals surface area (Å²) in [7, 11) is 0. The Hall–Kier alpha value is -3.93. The summed E-state index contributed by atoms with van der Waals surface area (Å²) in [4.78, 5) is 23.9. The SMILES string of the molecule is Nc1c(-c2ccccc2)c2ccc([N+](=O)[O-])cc2c(=O)n1-c1ccccc1. The van der Waals surface area contributed by atoms with E-state index in [-0.39, 0.29) is 11.1 Å². The maximum absolute atomic E-state index is 13.2. The van der Waals surface area contributed by atoms with Crippen molar-refractivity contribution in [1.82, 2.24) is 4.57 Å². The van der Waals surface area contributed by atoms with Crippen LogP contribution in [-0.4, -0.2) is 9.49 Å². The van der Waals surface area contributed by atoms with E-state index in [0.717, 1.165) is 5.56 Å². The Balaban J connectivity index is 2.18. The highest BCUT2D eigenvalue weighted by Crippen LogP contribution is 2.34. The highest BCUT2D eigenvalue weighted by molar-refractivity contribution is 6.02. The molecule has 0 saturated heterocycles. The summed E-state index contributed by atoms with van der Waals surface area (Å²) >= 11 is 0. The first-order chi connectivity index (χ1) is 13.1. The lowest BCUT2D eigenvalue weighted by molar-refractivity contribution is -0.384. The number of para-hydroxylation sites is 1. The minimum atomic E-state index is -0.510. The molecule has 0 aliphatic heterocycles. The van der Waals surface area contributed by atoms with Gasteiger partial charge in [0, 0.05) is 17.7 Å². The van der Waals surface area contributed by atoms with Crippen molar-refractivity contribution in [3.63, 3.8) is 0 Å². The Kier molecular flexibility index (Phi) is 3.93. The van der Waals surface area contributed by atoms with E-state index in [2.05, 4.69) is 0 Å². The number of benzene rings is 3. The van der Waals surface area contributed by atoms with E-state index in [9.17, 15) is 14.9 Å². The first kappa shape index (κ1) is 16.5. The van der Waals surface area contributed by atoms with Gasteiger partial charge in [0.25, 0.3) is 11.2 Å². The number of fused-ring (bicyclic) bond motifs is 1. The molecular formula is C21H15N3O3. The quantitative estimate of drug-likeness (QED) is 0.440. The number of hydrogen-bond donors (Lipinski definition) is 1. The van der Waals surface area contributed by atoms with Crippen LogP contribution in [0.4, 0.5) is 11.5 Å². The predicted octanol–water partition coefficient (Wildman–Crippen LogP) is 4.15. The third kappa shape index (κ3) is 2.73. The third-order valence-corrected chi connectivity index (χ3v) is 4.49. The second kappa shape index (κ2) is 6.42. The van der Waals surface area contributed by atoms with Gasteiger partial charge in [-0.1, -0.05) is 48.5 Å². The number of nitrogen functional groups attached to an aromatic ring is 1. The molecule has 0 bridgehead atoms. The van der Waals surface area contributed by atoms with E-state index >= 15 is 0 Å². The number of nitrogens with zero attached hydrogens (tertiary/aromatic N) is 2. The van der Waals surface area contributed by atoms with Crippen LogP contribution in [0.25, 0.3) is 27.6 Å². The van der Waals surface area contributed by atoms with Crippen molar-refractivity contribution in [2.24, 2.45) is 0 Å². The van der Waals surface area contributed by atoms with Crippen molar-refractivity contribution in [1.29, 1.82) is 0 Å². The Morgan fingerprint density at radius 1 is 0.852 bits per heavy atom. The number of aromatic nitrogens is 1. The molecule has 0 radical (unpaired) electrons. The first-order valence-electron chi connectivity index (χ1n) is 8.31. The van der Waals surface area contributed by atoms with Gasteiger partial charge in [0.1, 0.15) is 5.82 Å². The zero-order valence-corrected chi connectivity index (χ0v) is 14.2. The molecule has 0 amide bonds. The van der Waals surface area contributed by atoms with Gasteiger partial charge in [0.2, 0.25) is 0 Å². The molecule has 4 rings (SSSR count). The Morgan fingerprint density at radius 2 is 1.48 bits per heavy atom. The summed E-state index contributed by atoms with van der Waals surface area (Å²) in [6.07, 6.45) is 0. The largest absolute Gasteiger partial charge is 0.384 e. The Bertz CT molecular complexity index is 1220. The molecule has 0 aliphatic rings. The second-order valence-electron chi connectivity index (χ2n) is 6.09. The summed E-state index contributed by atoms with van der Waals surface area (Å²) in [5.41, 5.74) is 8.02. The molecular weight excluding hydrogens is 342 g/mol. The Morgan fingerprint density at radius 3 is 2.11 bits per heavy atom. The van der Waals surface area contributed by atoms with Crippen molar-refractivity contribution in [2.45, 2.75) is 0 Å². The average molecular weight is 357 g/mol. The zero-order valence-electron chi connectivity index (χ0n) is 14.2. The number of anilines is 1. The smallest absolute Gasteiger partial charge is 0.270 e. The average Bonchev–Trinajstić information content (AvgIpc) is 2.69. The van der Waals surface area contributed by atoms with Crippen LogP contribution in [0.2, 0.25) is 0 Å². The monoisotopic (exact) mass is 357 g/mol. The molecule has 3 aromatic carbocycles. The van der Waals surface area contributed by atoms with Gasteiger partial charge in [-0.2, -0.15) is 0 Å². The second-order valence-corrected chi connectivity index (χ2v) is 6.09. The van der Waals surface area contributed by atoms with Crippen molar-refractivity contribution >= 4 is 22.3 Å². The molecule has 0 atom stereocenters. The highest BCUT2D eigenvalue weighted by Gasteiger charge is 2.19. The molecule has 6 nitrogen and oxygen atoms in total. The molecule has 0 aliphatic carbocycles. The summed E-state index contributed by atoms with van der Waals surface area (Å²) in [5, 5.41) is 12.0. The van der Waals surface area contributed by atoms with Gasteiger partial charge in [-0.3, -0.25) is 19.5 Å². The lowest BCUT2D eigenvalue weighted by Gasteiger charge is -2.17. The fraction of sp³-hybridized carbons (Fsp3) is 0. The summed E-state index contributed by atoms with van der Waals surface area (Å²) in [6, 6.07) is 22.7. The number of non-ortho nitro benzene ring substituents is 1. The predicted molar refractivity (Wildman–Crippen MR) is 106 cm³/mol. The minimum absolute atomic E-state index is 0.136. The van der Waals surface area contributed by atoms with E-state index in [1.165, 1.54) is 16.7 Å². The van der Waals surface area contributed by atoms with Crippen molar-refractivity contribution < 1.29 is 4.92 Å². The zero-order chi connectivity index (χ0) is 19.0. The fourth-order valence-corrected chi connectivity index (χ4v) is 3.26. The highest BCUT2D eigenvalue weighted by atomic mass is 16.6. The topological polar surface area (TPSA) is 91.2 Å². The van der Waals surface area contributed by atoms with Gasteiger partial charge >= 0.3 is 0 Å². The number of nitro groups is 1. The molecule has 1 heterocycles. The van der Waals surface area contributed by atoms with Gasteiger partial charge in [-0.05, 0) is 29.1 Å². The lowest BCUT2D eigenvalue weighted by Crippen LogP contribution is -2.22. The van der Waals surface area contributed by atoms with E-state index < -0.39 is 10.5 Å². The minimum Gasteiger partial charge on any atom is -0.384 e. The molecule has 132 valence electrons. The molecule has 0 saturated carbocycles. The summed E-state index contributed by atoms with van der Waals surface area (Å²) in [5.74, 6) is 0.291. The molecule has 1 aromatic heterocycles. The van der Waals surface area contributed by atoms with Gasteiger partial charge in [-0.15, -0.1) is 0 Å². The van der Waals surface area contributed by atoms with Gasteiger partial charge in [0.15, 0.2) is 0 Å². The molecule has 0 unspecified atom stereocenters. The number of nitro benzene ring substituents is 1. The van der Waals surface area contributed by atoms with E-state index in [0.29, 0.717) is 22.5 Å². The molecule has 6 heteroatoms. The molecule has 27 heavy (non-hydrogen) atoms. The number of nitrogens with two attached hydrogens (primary N) is 1. The van der Waals surface area contributed by atoms with Crippen LogP contribution in [-0.2, 0) is 0 Å². The number of hydrogen-bond acceptors (Lipinski definition) is 4. The molecule has 2 N–H and O–H groups in total. The number of pyridine rings is 1. The maximum atomic E-state index is 13.2. The van der Waals surface area contributed by atoms with Crippen molar-refractivity contribution in [3.05, 3.63) is 99.3 Å². The van der Waals surface area contributed by atoms with Crippen LogP contribution in [0.5, 0.6) is 0 Å². The molecule has 0 fully saturated rings. The standard InChI is InChI=1S/C21H15N3O3/c22-20-19(14-7-3-1-4-8-14)17-12-11-16(24(26)27)13-18(17)21(25)23(20)15-9-5-2-6-10-15/h1-13H,22H2. The van der Waals surface area contributed by atoms with Crippen LogP contribution in [0.3, 0.4) is 0 Å². The van der Waals surface area contributed by atoms with Crippen LogP contribution in [0.15, 0.2) is 83.7 Å². The normalized spacial score (nSPS) is 10.8. The van der Waals surface area contributed by atoms with Crippen molar-refractivity contribution in [2.75, 3.05) is 5.73 Å². The van der Waals surface area contributed by atoms with Crippen LogP contribution in [0, 0.1) is 10.1 Å². The molecule has 0 spiro atoms. The van der Waals surface area contributed by atoms with Crippen LogP contribution < -0.4 is 11.3 Å². The number of rotatable bonds is 3. The fourth-order valence-electron chi connectivity index (χ4n) is 3.26. The van der Waals surface area contributed by atoms with Crippen LogP contribution >= 0.6 is 0 Å². The summed E-state index contributed by atoms with van der Waals surface area (Å²) in [6.45, 7) is 0. The first-order valence-corrected chi connectivity index (χ1v) is 8.31. The third-order valence-electron chi connectivity index (χ3n) is 4.49. The maximum Gasteiger partial charge on any atom is 0.270 e.